The van der Waals surface area contributed by atoms with Gasteiger partial charge in [0.05, 0.1) is 13.0 Å². The zero-order valence-electron chi connectivity index (χ0n) is 13.0. The van der Waals surface area contributed by atoms with Crippen LogP contribution in [0.25, 0.3) is 0 Å². The zero-order chi connectivity index (χ0) is 15.9. The molecule has 1 aliphatic rings. The van der Waals surface area contributed by atoms with E-state index in [9.17, 15) is 9.59 Å². The molecule has 0 radical (unpaired) electrons. The monoisotopic (exact) mass is 341 g/mol. The number of hydrogen-bond donors (Lipinski definition) is 3. The Morgan fingerprint density at radius 2 is 2.09 bits per heavy atom. The second kappa shape index (κ2) is 9.37. The van der Waals surface area contributed by atoms with Crippen LogP contribution in [0.1, 0.15) is 36.0 Å². The molecule has 1 aromatic rings. The Bertz CT molecular complexity index is 539. The van der Waals surface area contributed by atoms with Gasteiger partial charge in [-0.2, -0.15) is 0 Å². The molecule has 1 fully saturated rings. The van der Waals surface area contributed by atoms with E-state index in [-0.39, 0.29) is 37.4 Å². The van der Waals surface area contributed by atoms with Crippen LogP contribution in [0.2, 0.25) is 0 Å². The van der Waals surface area contributed by atoms with Crippen molar-refractivity contribution in [2.45, 2.75) is 31.7 Å². The lowest BCUT2D eigenvalue weighted by Gasteiger charge is -2.19. The fraction of sp³-hybridized carbons (Fsp3) is 0.500. The van der Waals surface area contributed by atoms with Crippen molar-refractivity contribution in [3.63, 3.8) is 0 Å². The van der Waals surface area contributed by atoms with Crippen LogP contribution in [0.15, 0.2) is 24.3 Å². The molecule has 7 heteroatoms. The Morgan fingerprint density at radius 3 is 2.78 bits per heavy atom. The highest BCUT2D eigenvalue weighted by Crippen LogP contribution is 2.24. The van der Waals surface area contributed by atoms with Gasteiger partial charge in [0.25, 0.3) is 0 Å². The molecule has 0 spiro atoms. The van der Waals surface area contributed by atoms with E-state index in [1.54, 1.807) is 24.3 Å². The van der Waals surface area contributed by atoms with Gasteiger partial charge in [-0.1, -0.05) is 12.5 Å². The third-order valence-electron chi connectivity index (χ3n) is 4.02. The first kappa shape index (κ1) is 19.3. The number of hydrogen-bond acceptors (Lipinski definition) is 4. The maximum Gasteiger partial charge on any atom is 0.248 e. The summed E-state index contributed by atoms with van der Waals surface area (Å²) in [4.78, 5) is 23.0. The lowest BCUT2D eigenvalue weighted by Crippen LogP contribution is -2.40. The van der Waals surface area contributed by atoms with Crippen molar-refractivity contribution in [3.8, 4) is 5.75 Å². The van der Waals surface area contributed by atoms with Gasteiger partial charge in [-0.25, -0.2) is 0 Å². The normalized spacial score (nSPS) is 19.7. The molecule has 0 aromatic heterocycles. The number of primary amides is 1. The molecule has 0 bridgehead atoms. The second-order valence-electron chi connectivity index (χ2n) is 5.59. The van der Waals surface area contributed by atoms with Crippen LogP contribution in [0.5, 0.6) is 5.75 Å². The number of amides is 2. The number of carbonyl (C=O) groups is 2. The van der Waals surface area contributed by atoms with Crippen molar-refractivity contribution < 1.29 is 14.3 Å². The first-order chi connectivity index (χ1) is 10.6. The van der Waals surface area contributed by atoms with Crippen LogP contribution in [-0.2, 0) is 4.79 Å². The van der Waals surface area contributed by atoms with Crippen molar-refractivity contribution in [3.05, 3.63) is 29.8 Å². The highest BCUT2D eigenvalue weighted by molar-refractivity contribution is 5.93. The van der Waals surface area contributed by atoms with Crippen LogP contribution >= 0.6 is 12.4 Å². The molecule has 2 amide bonds. The molecular weight excluding hydrogens is 318 g/mol. The lowest BCUT2D eigenvalue weighted by atomic mass is 10.0. The predicted molar refractivity (Wildman–Crippen MR) is 90.6 cm³/mol. The minimum absolute atomic E-state index is 0. The van der Waals surface area contributed by atoms with E-state index in [0.29, 0.717) is 23.8 Å². The SMILES string of the molecule is Cl.NCC1CCCC1NC(=O)CCOc1cccc(C(N)=O)c1. The average molecular weight is 342 g/mol. The summed E-state index contributed by atoms with van der Waals surface area (Å²) in [5, 5.41) is 3.02. The summed E-state index contributed by atoms with van der Waals surface area (Å²) in [7, 11) is 0. The number of halogens is 1. The first-order valence-corrected chi connectivity index (χ1v) is 7.62. The highest BCUT2D eigenvalue weighted by atomic mass is 35.5. The molecule has 6 nitrogen and oxygen atoms in total. The fourth-order valence-corrected chi connectivity index (χ4v) is 2.79. The predicted octanol–water partition coefficient (Wildman–Crippen LogP) is 1.22. The number of ether oxygens (including phenoxy) is 1. The van der Waals surface area contributed by atoms with E-state index in [0.717, 1.165) is 19.3 Å². The van der Waals surface area contributed by atoms with E-state index < -0.39 is 5.91 Å². The number of carbonyl (C=O) groups excluding carboxylic acids is 2. The summed E-state index contributed by atoms with van der Waals surface area (Å²) in [6, 6.07) is 6.80. The van der Waals surface area contributed by atoms with Gasteiger partial charge in [-0.05, 0) is 43.5 Å². The molecule has 0 saturated heterocycles. The maximum absolute atomic E-state index is 11.9. The molecule has 1 aromatic carbocycles. The molecular formula is C16H24ClN3O3. The largest absolute Gasteiger partial charge is 0.493 e. The molecule has 0 aliphatic heterocycles. The second-order valence-corrected chi connectivity index (χ2v) is 5.59. The Balaban J connectivity index is 0.00000264. The van der Waals surface area contributed by atoms with Crippen molar-refractivity contribution in [2.24, 2.45) is 17.4 Å². The molecule has 2 unspecified atom stereocenters. The summed E-state index contributed by atoms with van der Waals surface area (Å²) in [5.41, 5.74) is 11.3. The van der Waals surface area contributed by atoms with Crippen molar-refractivity contribution in [1.82, 2.24) is 5.32 Å². The number of nitrogens with one attached hydrogen (secondary N) is 1. The smallest absolute Gasteiger partial charge is 0.248 e. The quantitative estimate of drug-likeness (QED) is 0.693. The fourth-order valence-electron chi connectivity index (χ4n) is 2.79. The van der Waals surface area contributed by atoms with Crippen LogP contribution < -0.4 is 21.5 Å². The van der Waals surface area contributed by atoms with Gasteiger partial charge in [0.1, 0.15) is 5.75 Å². The lowest BCUT2D eigenvalue weighted by molar-refractivity contribution is -0.122. The Kier molecular flexibility index (Phi) is 7.85. The summed E-state index contributed by atoms with van der Waals surface area (Å²) in [5.74, 6) is 0.385. The van der Waals surface area contributed by atoms with Gasteiger partial charge in [-0.3, -0.25) is 9.59 Å². The number of benzene rings is 1. The van der Waals surface area contributed by atoms with Gasteiger partial charge in [0.15, 0.2) is 0 Å². The van der Waals surface area contributed by atoms with E-state index in [1.165, 1.54) is 0 Å². The van der Waals surface area contributed by atoms with Crippen molar-refractivity contribution in [1.29, 1.82) is 0 Å². The molecule has 1 aliphatic carbocycles. The molecule has 128 valence electrons. The van der Waals surface area contributed by atoms with E-state index in [4.69, 9.17) is 16.2 Å². The summed E-state index contributed by atoms with van der Waals surface area (Å²) in [6.45, 7) is 0.870. The average Bonchev–Trinajstić information content (AvgIpc) is 2.94. The molecule has 2 rings (SSSR count). The molecule has 0 heterocycles. The van der Waals surface area contributed by atoms with Crippen LogP contribution in [-0.4, -0.2) is 31.0 Å². The Labute approximate surface area is 142 Å². The third-order valence-corrected chi connectivity index (χ3v) is 4.02. The standard InChI is InChI=1S/C16H23N3O3.ClH/c17-10-12-4-2-6-14(12)19-15(20)7-8-22-13-5-1-3-11(9-13)16(18)21;/h1,3,5,9,12,14H,2,4,6-8,10,17H2,(H2,18,21)(H,19,20);1H. The maximum atomic E-state index is 11.9. The van der Waals surface area contributed by atoms with E-state index in [2.05, 4.69) is 5.32 Å². The van der Waals surface area contributed by atoms with Crippen LogP contribution in [0.4, 0.5) is 0 Å². The molecule has 1 saturated carbocycles. The minimum atomic E-state index is -0.503. The van der Waals surface area contributed by atoms with Crippen LogP contribution in [0.3, 0.4) is 0 Å². The topological polar surface area (TPSA) is 107 Å². The summed E-state index contributed by atoms with van der Waals surface area (Å²) >= 11 is 0. The Morgan fingerprint density at radius 1 is 1.30 bits per heavy atom. The minimum Gasteiger partial charge on any atom is -0.493 e. The molecule has 2 atom stereocenters. The summed E-state index contributed by atoms with van der Waals surface area (Å²) in [6.07, 6.45) is 3.46. The molecule has 5 N–H and O–H groups in total. The third kappa shape index (κ3) is 5.73. The molecule has 23 heavy (non-hydrogen) atoms. The van der Waals surface area contributed by atoms with Crippen molar-refractivity contribution >= 4 is 24.2 Å². The summed E-state index contributed by atoms with van der Waals surface area (Å²) < 4.78 is 5.49. The van der Waals surface area contributed by atoms with Gasteiger partial charge in [0.2, 0.25) is 11.8 Å². The number of rotatable bonds is 7. The zero-order valence-corrected chi connectivity index (χ0v) is 13.8. The van der Waals surface area contributed by atoms with Crippen molar-refractivity contribution in [2.75, 3.05) is 13.2 Å². The van der Waals surface area contributed by atoms with Gasteiger partial charge in [-0.15, -0.1) is 12.4 Å². The van der Waals surface area contributed by atoms with Gasteiger partial charge in [0, 0.05) is 11.6 Å². The van der Waals surface area contributed by atoms with Gasteiger partial charge < -0.3 is 21.5 Å². The first-order valence-electron chi connectivity index (χ1n) is 7.62. The number of nitrogens with two attached hydrogens (primary N) is 2. The van der Waals surface area contributed by atoms with E-state index >= 15 is 0 Å². The Hall–Kier alpha value is -1.79. The van der Waals surface area contributed by atoms with Crippen LogP contribution in [0, 0.1) is 5.92 Å². The van der Waals surface area contributed by atoms with Gasteiger partial charge >= 0.3 is 0 Å². The van der Waals surface area contributed by atoms with E-state index in [1.807, 2.05) is 0 Å². The highest BCUT2D eigenvalue weighted by Gasteiger charge is 2.27.